The minimum absolute atomic E-state index is 0.134. The average Bonchev–Trinajstić information content (AvgIpc) is 3.65. The fourth-order valence-electron chi connectivity index (χ4n) is 4.81. The van der Waals surface area contributed by atoms with Crippen molar-refractivity contribution in [2.24, 2.45) is 10.2 Å². The summed E-state index contributed by atoms with van der Waals surface area (Å²) in [7, 11) is 0. The van der Waals surface area contributed by atoms with Crippen molar-refractivity contribution in [3.8, 4) is 0 Å². The van der Waals surface area contributed by atoms with Crippen molar-refractivity contribution in [1.29, 1.82) is 0 Å². The molecule has 37 heavy (non-hydrogen) atoms. The number of carbonyl (C=O) groups excluding carboxylic acids is 2. The van der Waals surface area contributed by atoms with Crippen LogP contribution in [0.25, 0.3) is 0 Å². The summed E-state index contributed by atoms with van der Waals surface area (Å²) in [5.74, 6) is -0.427. The van der Waals surface area contributed by atoms with Crippen molar-refractivity contribution < 1.29 is 19.1 Å². The second-order valence-electron chi connectivity index (χ2n) is 11.2. The van der Waals surface area contributed by atoms with Crippen LogP contribution in [0, 0.1) is 0 Å². The first-order valence-electron chi connectivity index (χ1n) is 15.8. The van der Waals surface area contributed by atoms with E-state index in [1.807, 2.05) is 0 Å². The number of hydrogen-bond donors (Lipinski definition) is 0. The molecule has 6 nitrogen and oxygen atoms in total. The first-order chi connectivity index (χ1) is 18.0. The zero-order chi connectivity index (χ0) is 27.0. The standard InChI is InChI=1S/C31H58N2O4/c1-4-6-8-10-12-13-14-15-16-18-20-23-29(34)36-27-28(3)37-30(35)24-22-26-31(32-33-31)25-21-19-17-11-9-7-5-2/h28H,4-27H2,1-3H3. The fraction of sp³-hybridized carbons (Fsp3) is 0.935. The van der Waals surface area contributed by atoms with Gasteiger partial charge in [-0.05, 0) is 39.0 Å². The molecule has 6 heteroatoms. The Morgan fingerprint density at radius 2 is 1.03 bits per heavy atom. The highest BCUT2D eigenvalue weighted by atomic mass is 16.6. The minimum Gasteiger partial charge on any atom is -0.462 e. The first kappa shape index (κ1) is 33.6. The highest BCUT2D eigenvalue weighted by Crippen LogP contribution is 2.38. The molecule has 0 saturated carbocycles. The minimum atomic E-state index is -0.411. The topological polar surface area (TPSA) is 77.3 Å². The number of carbonyl (C=O) groups is 2. The Balaban J connectivity index is 1.93. The Hall–Kier alpha value is -1.46. The highest BCUT2D eigenvalue weighted by Gasteiger charge is 2.38. The summed E-state index contributed by atoms with van der Waals surface area (Å²) in [5.41, 5.74) is -0.223. The van der Waals surface area contributed by atoms with Gasteiger partial charge in [0.2, 0.25) is 0 Å². The van der Waals surface area contributed by atoms with Crippen molar-refractivity contribution in [2.45, 2.75) is 180 Å². The van der Waals surface area contributed by atoms with Crippen molar-refractivity contribution in [2.75, 3.05) is 6.61 Å². The van der Waals surface area contributed by atoms with Gasteiger partial charge in [-0.1, -0.05) is 117 Å². The van der Waals surface area contributed by atoms with Crippen molar-refractivity contribution in [3.63, 3.8) is 0 Å². The van der Waals surface area contributed by atoms with Crippen LogP contribution in [-0.4, -0.2) is 30.3 Å². The molecule has 1 rings (SSSR count). The van der Waals surface area contributed by atoms with Crippen LogP contribution in [0.1, 0.15) is 168 Å². The summed E-state index contributed by atoms with van der Waals surface area (Å²) in [6.07, 6.45) is 25.8. The van der Waals surface area contributed by atoms with Crippen LogP contribution in [0.3, 0.4) is 0 Å². The van der Waals surface area contributed by atoms with E-state index in [0.29, 0.717) is 12.8 Å². The molecular weight excluding hydrogens is 464 g/mol. The fourth-order valence-corrected chi connectivity index (χ4v) is 4.81. The normalized spacial score (nSPS) is 14.5. The lowest BCUT2D eigenvalue weighted by molar-refractivity contribution is -0.158. The lowest BCUT2D eigenvalue weighted by atomic mass is 9.98. The molecule has 0 fully saturated rings. The Morgan fingerprint density at radius 3 is 1.54 bits per heavy atom. The Kier molecular flexibility index (Phi) is 20.4. The van der Waals surface area contributed by atoms with Crippen LogP contribution in [0.4, 0.5) is 0 Å². The average molecular weight is 523 g/mol. The maximum absolute atomic E-state index is 12.2. The first-order valence-corrected chi connectivity index (χ1v) is 15.8. The van der Waals surface area contributed by atoms with Crippen molar-refractivity contribution in [1.82, 2.24) is 0 Å². The van der Waals surface area contributed by atoms with Crippen LogP contribution >= 0.6 is 0 Å². The molecule has 0 N–H and O–H groups in total. The molecule has 1 unspecified atom stereocenters. The third-order valence-electron chi connectivity index (χ3n) is 7.32. The third-order valence-corrected chi connectivity index (χ3v) is 7.32. The molecule has 0 aromatic heterocycles. The number of nitrogens with zero attached hydrogens (tertiary/aromatic N) is 2. The van der Waals surface area contributed by atoms with E-state index in [1.54, 1.807) is 6.92 Å². The number of unbranched alkanes of at least 4 members (excludes halogenated alkanes) is 16. The van der Waals surface area contributed by atoms with E-state index >= 15 is 0 Å². The van der Waals surface area contributed by atoms with Gasteiger partial charge in [-0.15, -0.1) is 0 Å². The van der Waals surface area contributed by atoms with Gasteiger partial charge in [0.05, 0.1) is 0 Å². The van der Waals surface area contributed by atoms with E-state index in [0.717, 1.165) is 38.5 Å². The van der Waals surface area contributed by atoms with Crippen LogP contribution in [-0.2, 0) is 19.1 Å². The largest absolute Gasteiger partial charge is 0.462 e. The molecule has 216 valence electrons. The molecule has 1 heterocycles. The number of ether oxygens (including phenoxy) is 2. The van der Waals surface area contributed by atoms with E-state index in [4.69, 9.17) is 9.47 Å². The van der Waals surface area contributed by atoms with E-state index < -0.39 is 6.10 Å². The van der Waals surface area contributed by atoms with Gasteiger partial charge in [-0.2, -0.15) is 10.2 Å². The highest BCUT2D eigenvalue weighted by molar-refractivity contribution is 5.70. The third kappa shape index (κ3) is 20.2. The second kappa shape index (κ2) is 22.5. The van der Waals surface area contributed by atoms with Crippen LogP contribution in [0.15, 0.2) is 10.2 Å². The molecule has 1 aliphatic rings. The molecule has 0 aromatic carbocycles. The van der Waals surface area contributed by atoms with E-state index in [-0.39, 0.29) is 24.2 Å². The van der Waals surface area contributed by atoms with Crippen molar-refractivity contribution in [3.05, 3.63) is 0 Å². The maximum Gasteiger partial charge on any atom is 0.306 e. The summed E-state index contributed by atoms with van der Waals surface area (Å²) in [5, 5.41) is 8.53. The SMILES string of the molecule is CCCCCCCCCCCCCC(=O)OCC(C)OC(=O)CCCC1(CCCCCCCCC)N=N1. The molecular formula is C31H58N2O4. The number of esters is 2. The molecule has 1 atom stereocenters. The summed E-state index contributed by atoms with van der Waals surface area (Å²) in [4.78, 5) is 24.1. The Morgan fingerprint density at radius 1 is 0.595 bits per heavy atom. The van der Waals surface area contributed by atoms with Crippen LogP contribution < -0.4 is 0 Å². The smallest absolute Gasteiger partial charge is 0.306 e. The summed E-state index contributed by atoms with van der Waals surface area (Å²) in [6, 6.07) is 0. The molecule has 0 aromatic rings. The van der Waals surface area contributed by atoms with Crippen LogP contribution in [0.5, 0.6) is 0 Å². The Labute approximate surface area is 228 Å². The Bertz CT molecular complexity index is 602. The van der Waals surface area contributed by atoms with Gasteiger partial charge >= 0.3 is 11.9 Å². The van der Waals surface area contributed by atoms with E-state index in [9.17, 15) is 9.59 Å². The lowest BCUT2D eigenvalue weighted by Crippen LogP contribution is -2.22. The molecule has 0 radical (unpaired) electrons. The number of rotatable bonds is 27. The van der Waals surface area contributed by atoms with E-state index in [2.05, 4.69) is 24.1 Å². The molecule has 0 bridgehead atoms. The monoisotopic (exact) mass is 522 g/mol. The van der Waals surface area contributed by atoms with E-state index in [1.165, 1.54) is 96.3 Å². The zero-order valence-corrected chi connectivity index (χ0v) is 24.6. The van der Waals surface area contributed by atoms with Crippen LogP contribution in [0.2, 0.25) is 0 Å². The molecule has 0 spiro atoms. The van der Waals surface area contributed by atoms with Gasteiger partial charge in [-0.25, -0.2) is 0 Å². The second-order valence-corrected chi connectivity index (χ2v) is 11.2. The van der Waals surface area contributed by atoms with Gasteiger partial charge in [-0.3, -0.25) is 9.59 Å². The van der Waals surface area contributed by atoms with Gasteiger partial charge < -0.3 is 9.47 Å². The maximum atomic E-state index is 12.2. The summed E-state index contributed by atoms with van der Waals surface area (Å²) < 4.78 is 10.7. The number of hydrogen-bond acceptors (Lipinski definition) is 6. The molecule has 0 saturated heterocycles. The summed E-state index contributed by atoms with van der Waals surface area (Å²) in [6.45, 7) is 6.41. The lowest BCUT2D eigenvalue weighted by Gasteiger charge is -2.14. The van der Waals surface area contributed by atoms with Gasteiger partial charge in [0, 0.05) is 12.8 Å². The quantitative estimate of drug-likeness (QED) is 0.0794. The molecule has 0 amide bonds. The predicted molar refractivity (Wildman–Crippen MR) is 152 cm³/mol. The van der Waals surface area contributed by atoms with Gasteiger partial charge in [0.15, 0.2) is 5.66 Å². The summed E-state index contributed by atoms with van der Waals surface area (Å²) >= 11 is 0. The van der Waals surface area contributed by atoms with Gasteiger partial charge in [0.1, 0.15) is 12.7 Å². The van der Waals surface area contributed by atoms with Gasteiger partial charge in [0.25, 0.3) is 0 Å². The predicted octanol–water partition coefficient (Wildman–Crippen LogP) is 9.64. The molecule has 0 aliphatic carbocycles. The van der Waals surface area contributed by atoms with Crippen molar-refractivity contribution >= 4 is 11.9 Å². The molecule has 1 aliphatic heterocycles. The zero-order valence-electron chi connectivity index (χ0n) is 24.6.